The average Bonchev–Trinajstić information content (AvgIpc) is 3.10. The predicted octanol–water partition coefficient (Wildman–Crippen LogP) is 2.56. The topological polar surface area (TPSA) is 58.9 Å². The normalized spacial score (nSPS) is 15.8. The van der Waals surface area contributed by atoms with Crippen LogP contribution in [0.4, 0.5) is 0 Å². The Bertz CT molecular complexity index is 476. The van der Waals surface area contributed by atoms with Crippen LogP contribution in [0.25, 0.3) is 0 Å². The van der Waals surface area contributed by atoms with E-state index in [-0.39, 0.29) is 5.75 Å². The Kier molecular flexibility index (Phi) is 3.13. The zero-order valence-electron chi connectivity index (χ0n) is 9.93. The highest BCUT2D eigenvalue weighted by Crippen LogP contribution is 2.41. The number of hydrogen-bond acceptors (Lipinski definition) is 4. The molecule has 1 N–H and O–H groups in total. The third kappa shape index (κ3) is 2.84. The number of hydrogen-bond donors (Lipinski definition) is 1. The van der Waals surface area contributed by atoms with E-state index in [1.54, 1.807) is 13.0 Å². The molecule has 4 nitrogen and oxygen atoms in total. The molecule has 2 rings (SSSR count). The summed E-state index contributed by atoms with van der Waals surface area (Å²) in [5.41, 5.74) is 2.33. The van der Waals surface area contributed by atoms with E-state index in [1.165, 1.54) is 25.3 Å². The number of nitrogens with zero attached hydrogens (tertiary/aromatic N) is 1. The monoisotopic (exact) mass is 233 g/mol. The van der Waals surface area contributed by atoms with Crippen LogP contribution in [0.2, 0.25) is 0 Å². The highest BCUT2D eigenvalue weighted by atomic mass is 16.7. The van der Waals surface area contributed by atoms with E-state index in [4.69, 9.17) is 0 Å². The summed E-state index contributed by atoms with van der Waals surface area (Å²) in [6.45, 7) is 2.99. The Morgan fingerprint density at radius 1 is 1.41 bits per heavy atom. The molecule has 1 aromatic carbocycles. The third-order valence-corrected chi connectivity index (χ3v) is 2.77. The van der Waals surface area contributed by atoms with Crippen LogP contribution in [0.1, 0.15) is 43.7 Å². The van der Waals surface area contributed by atoms with Crippen molar-refractivity contribution < 1.29 is 14.7 Å². The Labute approximate surface area is 99.9 Å². The standard InChI is InChI=1S/C13H15NO3/c1-8(14-17-9(2)15)12-7-11(10-3-4-10)5-6-13(12)16/h5-7,10,16H,3-4H2,1-2H3. The molecule has 0 unspecified atom stereocenters. The smallest absolute Gasteiger partial charge is 0.331 e. The van der Waals surface area contributed by atoms with E-state index in [2.05, 4.69) is 9.99 Å². The SMILES string of the molecule is CC(=O)ON=C(C)c1cc(C2CC2)ccc1O. The molecule has 0 atom stereocenters. The molecule has 17 heavy (non-hydrogen) atoms. The van der Waals surface area contributed by atoms with Crippen LogP contribution >= 0.6 is 0 Å². The second-order valence-electron chi connectivity index (χ2n) is 4.31. The molecule has 1 fully saturated rings. The summed E-state index contributed by atoms with van der Waals surface area (Å²) < 4.78 is 0. The van der Waals surface area contributed by atoms with Crippen LogP contribution in [0, 0.1) is 0 Å². The first-order valence-corrected chi connectivity index (χ1v) is 5.63. The summed E-state index contributed by atoms with van der Waals surface area (Å²) in [6.07, 6.45) is 2.40. The van der Waals surface area contributed by atoms with Crippen LogP contribution in [0.5, 0.6) is 5.75 Å². The maximum Gasteiger partial charge on any atom is 0.331 e. The number of benzene rings is 1. The van der Waals surface area contributed by atoms with E-state index in [1.807, 2.05) is 12.1 Å². The fourth-order valence-corrected chi connectivity index (χ4v) is 1.70. The lowest BCUT2D eigenvalue weighted by molar-refractivity contribution is -0.140. The fraction of sp³-hybridized carbons (Fsp3) is 0.385. The predicted molar refractivity (Wildman–Crippen MR) is 64.1 cm³/mol. The molecule has 0 amide bonds. The van der Waals surface area contributed by atoms with Gasteiger partial charge >= 0.3 is 5.97 Å². The molecule has 0 radical (unpaired) electrons. The van der Waals surface area contributed by atoms with Gasteiger partial charge in [-0.2, -0.15) is 0 Å². The third-order valence-electron chi connectivity index (χ3n) is 2.77. The summed E-state index contributed by atoms with van der Waals surface area (Å²) in [5.74, 6) is 0.292. The van der Waals surface area contributed by atoms with Gasteiger partial charge in [0, 0.05) is 12.5 Å². The van der Waals surface area contributed by atoms with Crippen LogP contribution in [0.15, 0.2) is 23.4 Å². The highest BCUT2D eigenvalue weighted by Gasteiger charge is 2.24. The van der Waals surface area contributed by atoms with Gasteiger partial charge in [0.2, 0.25) is 0 Å². The quantitative estimate of drug-likeness (QED) is 0.496. The van der Waals surface area contributed by atoms with Crippen molar-refractivity contribution >= 4 is 11.7 Å². The number of oxime groups is 1. The van der Waals surface area contributed by atoms with Crippen molar-refractivity contribution in [3.05, 3.63) is 29.3 Å². The second kappa shape index (κ2) is 4.57. The molecule has 0 aliphatic heterocycles. The van der Waals surface area contributed by atoms with Crippen LogP contribution in [0.3, 0.4) is 0 Å². The highest BCUT2D eigenvalue weighted by molar-refractivity contribution is 6.01. The zero-order valence-corrected chi connectivity index (χ0v) is 9.93. The Balaban J connectivity index is 2.26. The van der Waals surface area contributed by atoms with Gasteiger partial charge in [-0.1, -0.05) is 11.2 Å². The van der Waals surface area contributed by atoms with E-state index < -0.39 is 5.97 Å². The summed E-state index contributed by atoms with van der Waals surface area (Å²) in [4.78, 5) is 15.2. The maximum atomic E-state index is 10.7. The van der Waals surface area contributed by atoms with E-state index in [0.717, 1.165) is 0 Å². The van der Waals surface area contributed by atoms with Gasteiger partial charge < -0.3 is 9.94 Å². The van der Waals surface area contributed by atoms with Crippen molar-refractivity contribution in [2.24, 2.45) is 5.16 Å². The Morgan fingerprint density at radius 3 is 2.71 bits per heavy atom. The van der Waals surface area contributed by atoms with Crippen molar-refractivity contribution in [3.63, 3.8) is 0 Å². The van der Waals surface area contributed by atoms with Gasteiger partial charge in [-0.05, 0) is 43.4 Å². The van der Waals surface area contributed by atoms with Gasteiger partial charge in [0.05, 0.1) is 5.71 Å². The summed E-state index contributed by atoms with van der Waals surface area (Å²) in [5, 5.41) is 13.4. The lowest BCUT2D eigenvalue weighted by atomic mass is 10.0. The number of phenols is 1. The molecule has 0 bridgehead atoms. The van der Waals surface area contributed by atoms with Crippen molar-refractivity contribution in [3.8, 4) is 5.75 Å². The molecular formula is C13H15NO3. The minimum atomic E-state index is -0.470. The van der Waals surface area contributed by atoms with Crippen molar-refractivity contribution in [2.45, 2.75) is 32.6 Å². The van der Waals surface area contributed by atoms with Crippen molar-refractivity contribution in [2.75, 3.05) is 0 Å². The van der Waals surface area contributed by atoms with Gasteiger partial charge in [0.25, 0.3) is 0 Å². The first-order chi connectivity index (χ1) is 8.08. The van der Waals surface area contributed by atoms with Gasteiger partial charge in [0.15, 0.2) is 0 Å². The molecule has 1 aliphatic rings. The molecule has 0 aromatic heterocycles. The summed E-state index contributed by atoms with van der Waals surface area (Å²) in [6, 6.07) is 5.50. The van der Waals surface area contributed by atoms with Gasteiger partial charge in [-0.15, -0.1) is 0 Å². The number of carbonyl (C=O) groups excluding carboxylic acids is 1. The lowest BCUT2D eigenvalue weighted by Gasteiger charge is -2.06. The molecule has 1 aliphatic carbocycles. The van der Waals surface area contributed by atoms with Crippen molar-refractivity contribution in [1.82, 2.24) is 0 Å². The van der Waals surface area contributed by atoms with Gasteiger partial charge in [-0.3, -0.25) is 0 Å². The van der Waals surface area contributed by atoms with Crippen LogP contribution in [-0.4, -0.2) is 16.8 Å². The van der Waals surface area contributed by atoms with Crippen LogP contribution < -0.4 is 0 Å². The molecule has 4 heteroatoms. The first-order valence-electron chi connectivity index (χ1n) is 5.63. The van der Waals surface area contributed by atoms with E-state index in [9.17, 15) is 9.90 Å². The Hall–Kier alpha value is -1.84. The maximum absolute atomic E-state index is 10.7. The average molecular weight is 233 g/mol. The van der Waals surface area contributed by atoms with Gasteiger partial charge in [-0.25, -0.2) is 4.79 Å². The number of aromatic hydroxyl groups is 1. The Morgan fingerprint density at radius 2 is 2.12 bits per heavy atom. The summed E-state index contributed by atoms with van der Waals surface area (Å²) >= 11 is 0. The molecule has 1 saturated carbocycles. The molecule has 0 spiro atoms. The van der Waals surface area contributed by atoms with E-state index in [0.29, 0.717) is 17.2 Å². The minimum Gasteiger partial charge on any atom is -0.507 e. The second-order valence-corrected chi connectivity index (χ2v) is 4.31. The molecule has 1 aromatic rings. The number of carbonyl (C=O) groups is 1. The van der Waals surface area contributed by atoms with Gasteiger partial charge in [0.1, 0.15) is 5.75 Å². The zero-order chi connectivity index (χ0) is 12.4. The molecule has 0 heterocycles. The molecule has 0 saturated heterocycles. The lowest BCUT2D eigenvalue weighted by Crippen LogP contribution is -2.00. The number of phenolic OH excluding ortho intramolecular Hbond substituents is 1. The van der Waals surface area contributed by atoms with E-state index >= 15 is 0 Å². The minimum absolute atomic E-state index is 0.155. The number of rotatable bonds is 3. The molecule has 90 valence electrons. The largest absolute Gasteiger partial charge is 0.507 e. The first kappa shape index (κ1) is 11.6. The van der Waals surface area contributed by atoms with Crippen LogP contribution in [-0.2, 0) is 9.63 Å². The summed E-state index contributed by atoms with van der Waals surface area (Å²) in [7, 11) is 0. The fourth-order valence-electron chi connectivity index (χ4n) is 1.70. The molecular weight excluding hydrogens is 218 g/mol. The van der Waals surface area contributed by atoms with Crippen molar-refractivity contribution in [1.29, 1.82) is 0 Å².